The molecule has 1 heterocycles. The van der Waals surface area contributed by atoms with E-state index in [9.17, 15) is 0 Å². The Morgan fingerprint density at radius 3 is 2.75 bits per heavy atom. The van der Waals surface area contributed by atoms with Gasteiger partial charge in [0.1, 0.15) is 0 Å². The van der Waals surface area contributed by atoms with Crippen molar-refractivity contribution in [2.24, 2.45) is 5.10 Å². The third-order valence-electron chi connectivity index (χ3n) is 1.27. The molecule has 12 heavy (non-hydrogen) atoms. The van der Waals surface area contributed by atoms with E-state index in [0.29, 0.717) is 10.2 Å². The second-order valence-electron chi connectivity index (χ2n) is 2.29. The fourth-order valence-electron chi connectivity index (χ4n) is 0.690. The van der Waals surface area contributed by atoms with Gasteiger partial charge in [-0.05, 0) is 19.1 Å². The molecule has 0 aromatic heterocycles. The molecule has 0 spiro atoms. The van der Waals surface area contributed by atoms with E-state index < -0.39 is 0 Å². The predicted molar refractivity (Wildman–Crippen MR) is 56.8 cm³/mol. The van der Waals surface area contributed by atoms with Gasteiger partial charge in [0.05, 0.1) is 4.83 Å². The topological polar surface area (TPSA) is 24.4 Å². The maximum Gasteiger partial charge on any atom is 0.150 e. The van der Waals surface area contributed by atoms with Crippen LogP contribution in [-0.4, -0.2) is 10.00 Å². The molecule has 0 aromatic carbocycles. The fourth-order valence-corrected chi connectivity index (χ4v) is 1.36. The van der Waals surface area contributed by atoms with Crippen molar-refractivity contribution >= 4 is 44.3 Å². The van der Waals surface area contributed by atoms with Crippen LogP contribution in [0.2, 0.25) is 0 Å². The van der Waals surface area contributed by atoms with Gasteiger partial charge in [0.25, 0.3) is 0 Å². The third-order valence-corrected chi connectivity index (χ3v) is 2.18. The fraction of sp³-hybridized carbons (Fsp3) is 0.286. The Kier molecular flexibility index (Phi) is 3.62. The average molecular weight is 270 g/mol. The summed E-state index contributed by atoms with van der Waals surface area (Å²) >= 11 is 14.9. The van der Waals surface area contributed by atoms with Gasteiger partial charge < -0.3 is 0 Å². The molecule has 0 saturated carbocycles. The SMILES string of the molecule is CC(Br)C1=CC(Cl)=CC(Cl)=NN1. The summed E-state index contributed by atoms with van der Waals surface area (Å²) in [5.74, 6) is 0. The molecule has 0 aromatic rings. The highest BCUT2D eigenvalue weighted by Gasteiger charge is 2.07. The highest BCUT2D eigenvalue weighted by atomic mass is 79.9. The Morgan fingerprint density at radius 1 is 1.50 bits per heavy atom. The molecule has 1 N–H and O–H groups in total. The average Bonchev–Trinajstić information content (AvgIpc) is 2.11. The number of halogens is 3. The number of nitrogens with zero attached hydrogens (tertiary/aromatic N) is 1. The molecule has 0 radical (unpaired) electrons. The van der Waals surface area contributed by atoms with Gasteiger partial charge in [0, 0.05) is 10.7 Å². The van der Waals surface area contributed by atoms with Crippen LogP contribution in [0, 0.1) is 0 Å². The minimum atomic E-state index is 0.172. The molecule has 2 nitrogen and oxygen atoms in total. The molecule has 0 aliphatic carbocycles. The summed E-state index contributed by atoms with van der Waals surface area (Å²) in [5.41, 5.74) is 3.68. The van der Waals surface area contributed by atoms with Crippen LogP contribution in [0.3, 0.4) is 0 Å². The van der Waals surface area contributed by atoms with Crippen LogP contribution >= 0.6 is 39.1 Å². The van der Waals surface area contributed by atoms with Gasteiger partial charge in [0.2, 0.25) is 0 Å². The number of hydrogen-bond donors (Lipinski definition) is 1. The second kappa shape index (κ2) is 4.30. The lowest BCUT2D eigenvalue weighted by Gasteiger charge is -2.06. The van der Waals surface area contributed by atoms with E-state index in [-0.39, 0.29) is 4.83 Å². The van der Waals surface area contributed by atoms with E-state index >= 15 is 0 Å². The maximum absolute atomic E-state index is 5.81. The van der Waals surface area contributed by atoms with E-state index in [1.54, 1.807) is 12.2 Å². The highest BCUT2D eigenvalue weighted by molar-refractivity contribution is 9.09. The van der Waals surface area contributed by atoms with Crippen LogP contribution in [-0.2, 0) is 0 Å². The van der Waals surface area contributed by atoms with Gasteiger partial charge in [0.15, 0.2) is 5.17 Å². The number of allylic oxidation sites excluding steroid dienone is 4. The molecule has 5 heteroatoms. The highest BCUT2D eigenvalue weighted by Crippen LogP contribution is 2.16. The van der Waals surface area contributed by atoms with Gasteiger partial charge in [-0.2, -0.15) is 5.10 Å². The molecule has 1 unspecified atom stereocenters. The van der Waals surface area contributed by atoms with Gasteiger partial charge in [-0.1, -0.05) is 39.1 Å². The first kappa shape index (κ1) is 10.1. The summed E-state index contributed by atoms with van der Waals surface area (Å²) in [5, 5.41) is 4.76. The second-order valence-corrected chi connectivity index (χ2v) is 4.49. The number of hydrazone groups is 1. The Balaban J connectivity index is 2.89. The molecular formula is C7H7BrCl2N2. The van der Waals surface area contributed by atoms with E-state index in [1.807, 2.05) is 6.92 Å². The Bertz CT molecular complexity index is 269. The minimum absolute atomic E-state index is 0.172. The van der Waals surface area contributed by atoms with Crippen LogP contribution in [0.1, 0.15) is 6.92 Å². The lowest BCUT2D eigenvalue weighted by Crippen LogP contribution is -2.12. The van der Waals surface area contributed by atoms with E-state index in [0.717, 1.165) is 5.70 Å². The Hall–Kier alpha value is 0.01000. The van der Waals surface area contributed by atoms with Crippen molar-refractivity contribution < 1.29 is 0 Å². The van der Waals surface area contributed by atoms with Crippen molar-refractivity contribution in [1.82, 2.24) is 5.43 Å². The lowest BCUT2D eigenvalue weighted by atomic mass is 10.3. The van der Waals surface area contributed by atoms with Gasteiger partial charge in [-0.3, -0.25) is 5.43 Å². The molecule has 1 aliphatic heterocycles. The maximum atomic E-state index is 5.81. The van der Waals surface area contributed by atoms with E-state index in [4.69, 9.17) is 23.2 Å². The first-order valence-electron chi connectivity index (χ1n) is 3.31. The quantitative estimate of drug-likeness (QED) is 0.728. The molecule has 1 atom stereocenters. The number of rotatable bonds is 1. The summed E-state index contributed by atoms with van der Waals surface area (Å²) in [6, 6.07) is 0. The first-order chi connectivity index (χ1) is 5.59. The van der Waals surface area contributed by atoms with Crippen LogP contribution in [0.25, 0.3) is 0 Å². The summed E-state index contributed by atoms with van der Waals surface area (Å²) in [6.45, 7) is 1.97. The number of alkyl halides is 1. The minimum Gasteiger partial charge on any atom is -0.280 e. The third kappa shape index (κ3) is 2.81. The zero-order valence-corrected chi connectivity index (χ0v) is 9.41. The van der Waals surface area contributed by atoms with Gasteiger partial charge in [-0.25, -0.2) is 0 Å². The van der Waals surface area contributed by atoms with Crippen LogP contribution in [0.5, 0.6) is 0 Å². The largest absolute Gasteiger partial charge is 0.280 e. The predicted octanol–water partition coefficient (Wildman–Crippen LogP) is 2.93. The summed E-state index contributed by atoms with van der Waals surface area (Å²) in [6.07, 6.45) is 3.36. The molecule has 1 aliphatic rings. The van der Waals surface area contributed by atoms with Crippen molar-refractivity contribution in [1.29, 1.82) is 0 Å². The van der Waals surface area contributed by atoms with Crippen LogP contribution in [0.4, 0.5) is 0 Å². The van der Waals surface area contributed by atoms with E-state index in [2.05, 4.69) is 26.5 Å². The van der Waals surface area contributed by atoms with Crippen molar-refractivity contribution in [3.05, 3.63) is 22.9 Å². The smallest absolute Gasteiger partial charge is 0.150 e. The standard InChI is InChI=1S/C7H7BrCl2N2/c1-4(8)6-2-5(9)3-7(10)12-11-6/h2-4,11H,1H3. The number of nitrogens with one attached hydrogen (secondary N) is 1. The number of hydrogen-bond acceptors (Lipinski definition) is 2. The molecular weight excluding hydrogens is 263 g/mol. The molecule has 1 rings (SSSR count). The molecule has 66 valence electrons. The van der Waals surface area contributed by atoms with Crippen molar-refractivity contribution in [3.8, 4) is 0 Å². The van der Waals surface area contributed by atoms with E-state index in [1.165, 1.54) is 0 Å². The summed E-state index contributed by atoms with van der Waals surface area (Å²) in [7, 11) is 0. The molecule has 0 amide bonds. The summed E-state index contributed by atoms with van der Waals surface area (Å²) in [4.78, 5) is 0.172. The van der Waals surface area contributed by atoms with Gasteiger partial charge >= 0.3 is 0 Å². The lowest BCUT2D eigenvalue weighted by molar-refractivity contribution is 0.849. The van der Waals surface area contributed by atoms with Crippen LogP contribution < -0.4 is 5.43 Å². The van der Waals surface area contributed by atoms with Crippen molar-refractivity contribution in [3.63, 3.8) is 0 Å². The molecule has 0 fully saturated rings. The zero-order chi connectivity index (χ0) is 9.14. The Labute approximate surface area is 89.4 Å². The Morgan fingerprint density at radius 2 is 2.17 bits per heavy atom. The normalized spacial score (nSPS) is 19.8. The zero-order valence-electron chi connectivity index (χ0n) is 6.31. The molecule has 0 saturated heterocycles. The first-order valence-corrected chi connectivity index (χ1v) is 4.99. The molecule has 0 bridgehead atoms. The van der Waals surface area contributed by atoms with Crippen molar-refractivity contribution in [2.45, 2.75) is 11.8 Å². The summed E-state index contributed by atoms with van der Waals surface area (Å²) < 4.78 is 0. The van der Waals surface area contributed by atoms with Crippen molar-refractivity contribution in [2.75, 3.05) is 0 Å². The van der Waals surface area contributed by atoms with Crippen LogP contribution in [0.15, 0.2) is 28.0 Å². The monoisotopic (exact) mass is 268 g/mol. The van der Waals surface area contributed by atoms with Gasteiger partial charge in [-0.15, -0.1) is 0 Å².